The third-order valence-electron chi connectivity index (χ3n) is 2.50. The quantitative estimate of drug-likeness (QED) is 0.498. The zero-order valence-corrected chi connectivity index (χ0v) is 8.50. The van der Waals surface area contributed by atoms with E-state index in [1.54, 1.807) is 0 Å². The van der Waals surface area contributed by atoms with Gasteiger partial charge in [-0.15, -0.1) is 8.58 Å². The highest BCUT2D eigenvalue weighted by Gasteiger charge is 2.30. The van der Waals surface area contributed by atoms with Crippen molar-refractivity contribution < 1.29 is 0 Å². The maximum absolute atomic E-state index is 2.34. The molecule has 1 unspecified atom stereocenters. The Morgan fingerprint density at radius 3 is 1.22 bits per heavy atom. The van der Waals surface area contributed by atoms with Crippen molar-refractivity contribution >= 4 is 8.58 Å². The molecule has 0 radical (unpaired) electrons. The van der Waals surface area contributed by atoms with Gasteiger partial charge in [-0.2, -0.15) is 0 Å². The minimum Gasteiger partial charge on any atom is -0.119 e. The van der Waals surface area contributed by atoms with E-state index in [4.69, 9.17) is 0 Å². The van der Waals surface area contributed by atoms with E-state index >= 15 is 0 Å². The Morgan fingerprint density at radius 2 is 1.22 bits per heavy atom. The van der Waals surface area contributed by atoms with Gasteiger partial charge >= 0.3 is 0 Å². The first-order valence-electron chi connectivity index (χ1n) is 3.50. The summed E-state index contributed by atoms with van der Waals surface area (Å²) in [6, 6.07) is 0. The molecule has 0 N–H and O–H groups in total. The van der Waals surface area contributed by atoms with Crippen LogP contribution in [0.4, 0.5) is 0 Å². The largest absolute Gasteiger partial charge is 0.119 e. The van der Waals surface area contributed by atoms with Gasteiger partial charge in [0.2, 0.25) is 0 Å². The van der Waals surface area contributed by atoms with Gasteiger partial charge in [-0.3, -0.25) is 0 Å². The van der Waals surface area contributed by atoms with Crippen molar-refractivity contribution in [3.05, 3.63) is 0 Å². The molecule has 56 valence electrons. The molecule has 0 aliphatic rings. The Bertz CT molecular complexity index is 87.2. The van der Waals surface area contributed by atoms with Crippen LogP contribution >= 0.6 is 8.58 Å². The smallest absolute Gasteiger partial charge is 0.0132 e. The predicted molar refractivity (Wildman–Crippen MR) is 47.8 cm³/mol. The number of hydrogen-bond acceptors (Lipinski definition) is 0. The van der Waals surface area contributed by atoms with Gasteiger partial charge in [0.25, 0.3) is 0 Å². The molecule has 0 fully saturated rings. The topological polar surface area (TPSA) is 0 Å². The summed E-state index contributed by atoms with van der Waals surface area (Å²) >= 11 is 0. The Hall–Kier alpha value is 0.430. The van der Waals surface area contributed by atoms with E-state index in [1.165, 1.54) is 0 Å². The molecule has 0 aromatic carbocycles. The van der Waals surface area contributed by atoms with E-state index in [0.29, 0.717) is 10.6 Å². The van der Waals surface area contributed by atoms with Crippen LogP contribution in [0.5, 0.6) is 0 Å². The molecule has 0 bridgehead atoms. The summed E-state index contributed by atoms with van der Waals surface area (Å²) in [6.45, 7) is 13.9. The van der Waals surface area contributed by atoms with Crippen molar-refractivity contribution in [2.45, 2.75) is 39.8 Å². The van der Waals surface area contributed by atoms with Crippen LogP contribution in [-0.2, 0) is 0 Å². The van der Waals surface area contributed by atoms with Gasteiger partial charge in [-0.05, 0) is 17.2 Å². The molecule has 0 spiro atoms. The van der Waals surface area contributed by atoms with Crippen LogP contribution in [0.25, 0.3) is 0 Å². The lowest BCUT2D eigenvalue weighted by Crippen LogP contribution is -2.31. The van der Waals surface area contributed by atoms with Crippen molar-refractivity contribution in [2.75, 3.05) is 6.66 Å². The fraction of sp³-hybridized carbons (Fsp3) is 1.00. The average Bonchev–Trinajstić information content (AvgIpc) is 1.64. The summed E-state index contributed by atoms with van der Waals surface area (Å²) in [4.78, 5) is 0. The van der Waals surface area contributed by atoms with E-state index < -0.39 is 0 Å². The lowest BCUT2D eigenvalue weighted by molar-refractivity contribution is 0.317. The Morgan fingerprint density at radius 1 is 0.889 bits per heavy atom. The van der Waals surface area contributed by atoms with Crippen LogP contribution in [0.3, 0.4) is 0 Å². The van der Waals surface area contributed by atoms with Crippen LogP contribution < -0.4 is 0 Å². The highest BCUT2D eigenvalue weighted by Crippen LogP contribution is 2.43. The molecule has 0 nitrogen and oxygen atoms in total. The van der Waals surface area contributed by atoms with Crippen molar-refractivity contribution in [3.63, 3.8) is 0 Å². The average molecular weight is 146 g/mol. The molecule has 1 atom stereocenters. The summed E-state index contributed by atoms with van der Waals surface area (Å²) in [5.41, 5.74) is 0.459. The van der Waals surface area contributed by atoms with E-state index in [1.807, 2.05) is 0 Å². The highest BCUT2D eigenvalue weighted by molar-refractivity contribution is 7.39. The first-order chi connectivity index (χ1) is 3.81. The van der Waals surface area contributed by atoms with Crippen LogP contribution in [0.15, 0.2) is 0 Å². The minimum atomic E-state index is 0.459. The standard InChI is InChI=1S/C8H19P/c1-7(2,3)8(4,5)9-6/h9H,1-6H3. The van der Waals surface area contributed by atoms with E-state index in [2.05, 4.69) is 41.3 Å². The second kappa shape index (κ2) is 2.58. The fourth-order valence-corrected chi connectivity index (χ4v) is 1.12. The van der Waals surface area contributed by atoms with Gasteiger partial charge in [0, 0.05) is 0 Å². The third-order valence-corrected chi connectivity index (χ3v) is 4.50. The Balaban J connectivity index is 4.14. The molecule has 0 saturated heterocycles. The molecule has 0 saturated carbocycles. The third kappa shape index (κ3) is 2.26. The van der Waals surface area contributed by atoms with Crippen molar-refractivity contribution in [1.82, 2.24) is 0 Å². The van der Waals surface area contributed by atoms with Crippen molar-refractivity contribution in [2.24, 2.45) is 5.41 Å². The minimum absolute atomic E-state index is 0.459. The molecule has 1 heteroatoms. The Kier molecular flexibility index (Phi) is 2.70. The Labute approximate surface area is 61.2 Å². The normalized spacial score (nSPS) is 15.3. The maximum Gasteiger partial charge on any atom is -0.0132 e. The van der Waals surface area contributed by atoms with Gasteiger partial charge < -0.3 is 0 Å². The van der Waals surface area contributed by atoms with Crippen LogP contribution in [0, 0.1) is 5.41 Å². The van der Waals surface area contributed by atoms with E-state index in [-0.39, 0.29) is 0 Å². The summed E-state index contributed by atoms with van der Waals surface area (Å²) in [5.74, 6) is 0. The van der Waals surface area contributed by atoms with Gasteiger partial charge in [0.05, 0.1) is 0 Å². The van der Waals surface area contributed by atoms with Crippen molar-refractivity contribution in [3.8, 4) is 0 Å². The zero-order chi connectivity index (χ0) is 7.71. The van der Waals surface area contributed by atoms with E-state index in [0.717, 1.165) is 8.58 Å². The van der Waals surface area contributed by atoms with Crippen molar-refractivity contribution in [1.29, 1.82) is 0 Å². The molecule has 0 aliphatic carbocycles. The molecule has 9 heavy (non-hydrogen) atoms. The molecule has 0 rings (SSSR count). The summed E-state index contributed by atoms with van der Waals surface area (Å²) in [5, 5.41) is 0.507. The zero-order valence-electron chi connectivity index (χ0n) is 7.50. The van der Waals surface area contributed by atoms with Gasteiger partial charge in [0.15, 0.2) is 0 Å². The first kappa shape index (κ1) is 9.43. The van der Waals surface area contributed by atoms with Gasteiger partial charge in [-0.1, -0.05) is 34.6 Å². The maximum atomic E-state index is 2.34. The van der Waals surface area contributed by atoms with Crippen LogP contribution in [0.2, 0.25) is 0 Å². The van der Waals surface area contributed by atoms with Gasteiger partial charge in [0.1, 0.15) is 0 Å². The predicted octanol–water partition coefficient (Wildman–Crippen LogP) is 3.12. The first-order valence-corrected chi connectivity index (χ1v) is 5.00. The summed E-state index contributed by atoms with van der Waals surface area (Å²) < 4.78 is 0. The monoisotopic (exact) mass is 146 g/mol. The fourth-order valence-electron chi connectivity index (χ4n) is 0.375. The summed E-state index contributed by atoms with van der Waals surface area (Å²) in [6.07, 6.45) is 0. The SMILES string of the molecule is CPC(C)(C)C(C)(C)C. The van der Waals surface area contributed by atoms with E-state index in [9.17, 15) is 0 Å². The summed E-state index contributed by atoms with van der Waals surface area (Å²) in [7, 11) is 1.04. The molecule has 0 aliphatic heterocycles. The lowest BCUT2D eigenvalue weighted by atomic mass is 9.82. The van der Waals surface area contributed by atoms with Crippen LogP contribution in [-0.4, -0.2) is 11.8 Å². The van der Waals surface area contributed by atoms with Gasteiger partial charge in [-0.25, -0.2) is 0 Å². The number of rotatable bonds is 1. The molecular weight excluding hydrogens is 127 g/mol. The second-order valence-electron chi connectivity index (χ2n) is 4.12. The molecular formula is C8H19P. The molecule has 0 aromatic heterocycles. The van der Waals surface area contributed by atoms with Crippen LogP contribution in [0.1, 0.15) is 34.6 Å². The second-order valence-corrected chi connectivity index (χ2v) is 5.88. The molecule has 0 heterocycles. The molecule has 0 aromatic rings. The lowest BCUT2D eigenvalue weighted by Gasteiger charge is -2.37. The number of hydrogen-bond donors (Lipinski definition) is 0. The molecule has 0 amide bonds. The highest BCUT2D eigenvalue weighted by atomic mass is 31.1.